The van der Waals surface area contributed by atoms with E-state index in [1.165, 1.54) is 26.2 Å². The molecule has 0 spiro atoms. The lowest BCUT2D eigenvalue weighted by atomic mass is 10.1. The average Bonchev–Trinajstić information content (AvgIpc) is 2.62. The van der Waals surface area contributed by atoms with Crippen molar-refractivity contribution in [3.63, 3.8) is 0 Å². The molecule has 26 heavy (non-hydrogen) atoms. The summed E-state index contributed by atoms with van der Waals surface area (Å²) in [5.41, 5.74) is 6.52. The number of benzene rings is 1. The molecule has 0 saturated carbocycles. The van der Waals surface area contributed by atoms with Crippen LogP contribution >= 0.6 is 12.4 Å². The number of carbonyl (C=O) groups excluding carboxylic acids is 1. The molecule has 3 N–H and O–H groups in total. The second-order valence-corrected chi connectivity index (χ2v) is 8.12. The van der Waals surface area contributed by atoms with Crippen molar-refractivity contribution in [3.05, 3.63) is 23.8 Å². The molecule has 1 saturated heterocycles. The van der Waals surface area contributed by atoms with Crippen LogP contribution in [0.25, 0.3) is 0 Å². The minimum Gasteiger partial charge on any atom is -0.378 e. The lowest BCUT2D eigenvalue weighted by Crippen LogP contribution is -2.38. The first-order chi connectivity index (χ1) is 11.9. The molecule has 1 fully saturated rings. The minimum absolute atomic E-state index is 0. The fourth-order valence-electron chi connectivity index (χ4n) is 2.55. The van der Waals surface area contributed by atoms with Crippen LogP contribution in [-0.4, -0.2) is 72.1 Å². The molecule has 0 bridgehead atoms. The highest BCUT2D eigenvalue weighted by Crippen LogP contribution is 2.26. The summed E-state index contributed by atoms with van der Waals surface area (Å²) >= 11 is 0. The van der Waals surface area contributed by atoms with Crippen LogP contribution in [0.15, 0.2) is 23.1 Å². The second-order valence-electron chi connectivity index (χ2n) is 5.96. The van der Waals surface area contributed by atoms with Crippen LogP contribution in [0, 0.1) is 0 Å². The molecule has 148 valence electrons. The largest absolute Gasteiger partial charge is 0.378 e. The van der Waals surface area contributed by atoms with E-state index in [2.05, 4.69) is 5.32 Å². The van der Waals surface area contributed by atoms with Crippen molar-refractivity contribution >= 4 is 34.0 Å². The van der Waals surface area contributed by atoms with Crippen LogP contribution in [0.5, 0.6) is 0 Å². The predicted octanol–water partition coefficient (Wildman–Crippen LogP) is 0.274. The molecule has 1 aromatic rings. The average molecular weight is 407 g/mol. The molecule has 1 aliphatic rings. The Labute approximate surface area is 161 Å². The smallest absolute Gasteiger partial charge is 0.253 e. The molecule has 10 heteroatoms. The topological polar surface area (TPSA) is 105 Å². The second kappa shape index (κ2) is 10.1. The summed E-state index contributed by atoms with van der Waals surface area (Å²) < 4.78 is 31.3. The normalized spacial score (nSPS) is 14.8. The molecule has 0 atom stereocenters. The van der Waals surface area contributed by atoms with E-state index in [0.29, 0.717) is 57.1 Å². The number of hydrogen-bond donors (Lipinski definition) is 2. The van der Waals surface area contributed by atoms with Crippen LogP contribution in [0.1, 0.15) is 16.8 Å². The van der Waals surface area contributed by atoms with E-state index in [9.17, 15) is 13.2 Å². The number of ether oxygens (including phenoxy) is 1. The van der Waals surface area contributed by atoms with Crippen LogP contribution in [0.4, 0.5) is 5.69 Å². The third-order valence-corrected chi connectivity index (χ3v) is 5.82. The number of nitrogens with one attached hydrogen (secondary N) is 1. The third-order valence-electron chi connectivity index (χ3n) is 4.01. The Bertz CT molecular complexity index is 706. The van der Waals surface area contributed by atoms with Gasteiger partial charge in [-0.1, -0.05) is 0 Å². The summed E-state index contributed by atoms with van der Waals surface area (Å²) in [4.78, 5) is 14.7. The third kappa shape index (κ3) is 5.31. The molecule has 2 rings (SSSR count). The van der Waals surface area contributed by atoms with Gasteiger partial charge in [-0.15, -0.1) is 12.4 Å². The van der Waals surface area contributed by atoms with Crippen LogP contribution < -0.4 is 16.0 Å². The standard InChI is InChI=1S/C16H26N4O4S.ClH/c1-19(2)25(22,23)13-4-5-15(20-8-10-24-11-9-20)14(12-13)16(21)18-7-3-6-17;/h4-5,12H,3,6-11,17H2,1-2H3,(H,18,21);1H. The van der Waals surface area contributed by atoms with E-state index in [1.54, 1.807) is 6.07 Å². The van der Waals surface area contributed by atoms with Gasteiger partial charge >= 0.3 is 0 Å². The zero-order valence-electron chi connectivity index (χ0n) is 15.1. The maximum atomic E-state index is 12.6. The fraction of sp³-hybridized carbons (Fsp3) is 0.562. The Balaban J connectivity index is 0.00000338. The number of amides is 1. The lowest BCUT2D eigenvalue weighted by molar-refractivity contribution is 0.0951. The van der Waals surface area contributed by atoms with Crippen LogP contribution in [0.3, 0.4) is 0 Å². The fourth-order valence-corrected chi connectivity index (χ4v) is 3.48. The first kappa shape index (κ1) is 22.7. The van der Waals surface area contributed by atoms with Gasteiger partial charge in [0.1, 0.15) is 0 Å². The van der Waals surface area contributed by atoms with Crippen molar-refractivity contribution in [1.82, 2.24) is 9.62 Å². The summed E-state index contributed by atoms with van der Waals surface area (Å²) in [6.07, 6.45) is 0.661. The lowest BCUT2D eigenvalue weighted by Gasteiger charge is -2.30. The Hall–Kier alpha value is -1.39. The molecule has 0 radical (unpaired) electrons. The summed E-state index contributed by atoms with van der Waals surface area (Å²) in [6.45, 7) is 3.39. The Morgan fingerprint density at radius 2 is 1.96 bits per heavy atom. The molecule has 0 aliphatic carbocycles. The van der Waals surface area contributed by atoms with E-state index in [-0.39, 0.29) is 23.2 Å². The van der Waals surface area contributed by atoms with Crippen molar-refractivity contribution in [2.45, 2.75) is 11.3 Å². The molecule has 0 unspecified atom stereocenters. The van der Waals surface area contributed by atoms with Gasteiger partial charge in [-0.2, -0.15) is 0 Å². The van der Waals surface area contributed by atoms with E-state index in [4.69, 9.17) is 10.5 Å². The first-order valence-electron chi connectivity index (χ1n) is 8.25. The highest BCUT2D eigenvalue weighted by Gasteiger charge is 2.24. The van der Waals surface area contributed by atoms with Gasteiger partial charge in [0, 0.05) is 39.4 Å². The van der Waals surface area contributed by atoms with Gasteiger partial charge < -0.3 is 20.7 Å². The SMILES string of the molecule is CN(C)S(=O)(=O)c1ccc(N2CCOCC2)c(C(=O)NCCCN)c1.Cl. The summed E-state index contributed by atoms with van der Waals surface area (Å²) in [5, 5.41) is 2.80. The Morgan fingerprint density at radius 3 is 2.54 bits per heavy atom. The van der Waals surface area contributed by atoms with Crippen molar-refractivity contribution in [2.24, 2.45) is 5.73 Å². The molecule has 1 amide bonds. The predicted molar refractivity (Wildman–Crippen MR) is 104 cm³/mol. The van der Waals surface area contributed by atoms with E-state index >= 15 is 0 Å². The number of sulfonamides is 1. The quantitative estimate of drug-likeness (QED) is 0.630. The molecule has 1 aliphatic heterocycles. The molecule has 1 aromatic carbocycles. The number of nitrogens with two attached hydrogens (primary N) is 1. The van der Waals surface area contributed by atoms with Crippen molar-refractivity contribution in [2.75, 3.05) is 58.4 Å². The molecular weight excluding hydrogens is 380 g/mol. The Morgan fingerprint density at radius 1 is 1.31 bits per heavy atom. The van der Waals surface area contributed by atoms with Crippen molar-refractivity contribution in [3.8, 4) is 0 Å². The minimum atomic E-state index is -3.62. The van der Waals surface area contributed by atoms with Crippen LogP contribution in [-0.2, 0) is 14.8 Å². The number of morpholine rings is 1. The van der Waals surface area contributed by atoms with E-state index in [0.717, 1.165) is 4.31 Å². The van der Waals surface area contributed by atoms with Gasteiger partial charge in [-0.3, -0.25) is 4.79 Å². The maximum absolute atomic E-state index is 12.6. The highest BCUT2D eigenvalue weighted by atomic mass is 35.5. The van der Waals surface area contributed by atoms with E-state index in [1.807, 2.05) is 4.90 Å². The van der Waals surface area contributed by atoms with E-state index < -0.39 is 10.0 Å². The zero-order valence-corrected chi connectivity index (χ0v) is 16.7. The van der Waals surface area contributed by atoms with Gasteiger partial charge in [0.25, 0.3) is 5.91 Å². The molecule has 1 heterocycles. The molecule has 0 aromatic heterocycles. The molecular formula is C16H27ClN4O4S. The highest BCUT2D eigenvalue weighted by molar-refractivity contribution is 7.89. The number of anilines is 1. The van der Waals surface area contributed by atoms with Gasteiger partial charge in [0.15, 0.2) is 0 Å². The van der Waals surface area contributed by atoms with Crippen molar-refractivity contribution in [1.29, 1.82) is 0 Å². The first-order valence-corrected chi connectivity index (χ1v) is 9.69. The molecule has 8 nitrogen and oxygen atoms in total. The van der Waals surface area contributed by atoms with Crippen LogP contribution in [0.2, 0.25) is 0 Å². The summed E-state index contributed by atoms with van der Waals surface area (Å²) in [7, 11) is -0.686. The van der Waals surface area contributed by atoms with Gasteiger partial charge in [-0.05, 0) is 31.2 Å². The number of rotatable bonds is 7. The number of nitrogens with zero attached hydrogens (tertiary/aromatic N) is 2. The number of halogens is 1. The maximum Gasteiger partial charge on any atom is 0.253 e. The summed E-state index contributed by atoms with van der Waals surface area (Å²) in [5.74, 6) is -0.300. The van der Waals surface area contributed by atoms with Gasteiger partial charge in [0.2, 0.25) is 10.0 Å². The Kier molecular flexibility index (Phi) is 8.78. The number of hydrogen-bond acceptors (Lipinski definition) is 6. The van der Waals surface area contributed by atoms with Gasteiger partial charge in [-0.25, -0.2) is 12.7 Å². The monoisotopic (exact) mass is 406 g/mol. The summed E-state index contributed by atoms with van der Waals surface area (Å²) in [6, 6.07) is 4.67. The van der Waals surface area contributed by atoms with Crippen molar-refractivity contribution < 1.29 is 17.9 Å². The zero-order chi connectivity index (χ0) is 18.4. The number of carbonyl (C=O) groups is 1. The van der Waals surface area contributed by atoms with Gasteiger partial charge in [0.05, 0.1) is 23.7 Å².